The van der Waals surface area contributed by atoms with Crippen molar-refractivity contribution < 1.29 is 4.79 Å². The van der Waals surface area contributed by atoms with E-state index in [0.29, 0.717) is 11.9 Å². The van der Waals surface area contributed by atoms with Crippen molar-refractivity contribution in [3.63, 3.8) is 0 Å². The first-order chi connectivity index (χ1) is 9.70. The van der Waals surface area contributed by atoms with Gasteiger partial charge in [0, 0.05) is 24.9 Å². The third-order valence-electron chi connectivity index (χ3n) is 3.91. The minimum atomic E-state index is 0. The molecule has 0 bridgehead atoms. The summed E-state index contributed by atoms with van der Waals surface area (Å²) in [7, 11) is 2.00. The highest BCUT2D eigenvalue weighted by Crippen LogP contribution is 2.21. The van der Waals surface area contributed by atoms with Crippen LogP contribution in [0.25, 0.3) is 0 Å². The molecule has 1 aromatic rings. The van der Waals surface area contributed by atoms with Gasteiger partial charge in [0.05, 0.1) is 5.25 Å². The number of piperidine rings is 1. The van der Waals surface area contributed by atoms with E-state index >= 15 is 0 Å². The maximum Gasteiger partial charge on any atom is 0.235 e. The number of nitrogens with one attached hydrogen (secondary N) is 1. The smallest absolute Gasteiger partial charge is 0.235 e. The Hall–Kier alpha value is -0.710. The lowest BCUT2D eigenvalue weighted by Crippen LogP contribution is -2.46. The van der Waals surface area contributed by atoms with Crippen LogP contribution in [0.2, 0.25) is 0 Å². The molecule has 118 valence electrons. The second-order valence-corrected chi connectivity index (χ2v) is 6.66. The van der Waals surface area contributed by atoms with Crippen LogP contribution >= 0.6 is 24.2 Å². The first kappa shape index (κ1) is 18.3. The Labute approximate surface area is 138 Å². The van der Waals surface area contributed by atoms with Gasteiger partial charge in [-0.3, -0.25) is 4.79 Å². The summed E-state index contributed by atoms with van der Waals surface area (Å²) in [6, 6.07) is 10.9. The van der Waals surface area contributed by atoms with E-state index in [1.807, 2.05) is 37.1 Å². The number of hydrogen-bond donors (Lipinski definition) is 1. The second-order valence-electron chi connectivity index (χ2n) is 5.33. The Kier molecular flexibility index (Phi) is 8.15. The number of benzene rings is 1. The highest BCUT2D eigenvalue weighted by molar-refractivity contribution is 7.99. The van der Waals surface area contributed by atoms with Gasteiger partial charge in [0.2, 0.25) is 5.91 Å². The molecule has 0 saturated carbocycles. The number of rotatable bonds is 5. The summed E-state index contributed by atoms with van der Waals surface area (Å²) in [6.07, 6.45) is 2.14. The molecular formula is C16H25ClN2OS. The van der Waals surface area contributed by atoms with E-state index in [-0.39, 0.29) is 17.7 Å². The van der Waals surface area contributed by atoms with Crippen molar-refractivity contribution in [1.29, 1.82) is 0 Å². The molecule has 1 heterocycles. The van der Waals surface area contributed by atoms with Crippen LogP contribution < -0.4 is 5.32 Å². The number of halogens is 1. The lowest BCUT2D eigenvalue weighted by Gasteiger charge is -2.33. The highest BCUT2D eigenvalue weighted by atomic mass is 35.5. The van der Waals surface area contributed by atoms with Crippen molar-refractivity contribution in [1.82, 2.24) is 10.2 Å². The number of thioether (sulfide) groups is 1. The van der Waals surface area contributed by atoms with Gasteiger partial charge in [0.1, 0.15) is 0 Å². The number of likely N-dealkylation sites (tertiary alicyclic amines) is 1. The Balaban J connectivity index is 0.00000220. The van der Waals surface area contributed by atoms with Gasteiger partial charge in [-0.2, -0.15) is 0 Å². The average Bonchev–Trinajstić information content (AvgIpc) is 2.53. The van der Waals surface area contributed by atoms with E-state index in [0.717, 1.165) is 31.7 Å². The van der Waals surface area contributed by atoms with Gasteiger partial charge < -0.3 is 10.2 Å². The largest absolute Gasteiger partial charge is 0.342 e. The molecule has 5 heteroatoms. The SMILES string of the molecule is CNC1CCN(C(=O)C(C)SCc2ccccc2)CC1.Cl. The molecular weight excluding hydrogens is 304 g/mol. The van der Waals surface area contributed by atoms with Crippen LogP contribution in [-0.4, -0.2) is 42.2 Å². The zero-order chi connectivity index (χ0) is 14.4. The summed E-state index contributed by atoms with van der Waals surface area (Å²) >= 11 is 1.73. The van der Waals surface area contributed by atoms with E-state index in [9.17, 15) is 4.79 Å². The number of amides is 1. The maximum atomic E-state index is 12.4. The topological polar surface area (TPSA) is 32.3 Å². The normalized spacial score (nSPS) is 17.1. The molecule has 2 rings (SSSR count). The van der Waals surface area contributed by atoms with Crippen LogP contribution in [0.4, 0.5) is 0 Å². The molecule has 3 nitrogen and oxygen atoms in total. The molecule has 1 aliphatic rings. The molecule has 0 aliphatic carbocycles. The first-order valence-corrected chi connectivity index (χ1v) is 8.37. The van der Waals surface area contributed by atoms with Crippen LogP contribution in [0.1, 0.15) is 25.3 Å². The van der Waals surface area contributed by atoms with E-state index in [1.54, 1.807) is 11.8 Å². The fourth-order valence-electron chi connectivity index (χ4n) is 2.51. The summed E-state index contributed by atoms with van der Waals surface area (Å²) in [5.74, 6) is 1.20. The van der Waals surface area contributed by atoms with E-state index in [4.69, 9.17) is 0 Å². The standard InChI is InChI=1S/C16H24N2OS.ClH/c1-13(20-12-14-6-4-3-5-7-14)16(19)18-10-8-15(17-2)9-11-18;/h3-7,13,15,17H,8-12H2,1-2H3;1H. The van der Waals surface area contributed by atoms with Gasteiger partial charge in [-0.25, -0.2) is 0 Å². The predicted octanol–water partition coefficient (Wildman–Crippen LogP) is 2.94. The third-order valence-corrected chi connectivity index (χ3v) is 5.11. The Bertz CT molecular complexity index is 422. The quantitative estimate of drug-likeness (QED) is 0.902. The van der Waals surface area contributed by atoms with Crippen LogP contribution in [0.3, 0.4) is 0 Å². The van der Waals surface area contributed by atoms with Crippen molar-refractivity contribution >= 4 is 30.1 Å². The van der Waals surface area contributed by atoms with E-state index in [2.05, 4.69) is 17.4 Å². The monoisotopic (exact) mass is 328 g/mol. The first-order valence-electron chi connectivity index (χ1n) is 7.32. The predicted molar refractivity (Wildman–Crippen MR) is 93.1 cm³/mol. The summed E-state index contributed by atoms with van der Waals surface area (Å²) in [4.78, 5) is 14.4. The minimum absolute atomic E-state index is 0. The molecule has 1 N–H and O–H groups in total. The molecule has 0 spiro atoms. The van der Waals surface area contributed by atoms with E-state index < -0.39 is 0 Å². The molecule has 0 radical (unpaired) electrons. The van der Waals surface area contributed by atoms with Crippen LogP contribution in [-0.2, 0) is 10.5 Å². The molecule has 21 heavy (non-hydrogen) atoms. The van der Waals surface area contributed by atoms with Gasteiger partial charge in [-0.05, 0) is 32.4 Å². The van der Waals surface area contributed by atoms with E-state index in [1.165, 1.54) is 5.56 Å². The lowest BCUT2D eigenvalue weighted by atomic mass is 10.1. The summed E-state index contributed by atoms with van der Waals surface area (Å²) < 4.78 is 0. The van der Waals surface area contributed by atoms with Crippen LogP contribution in [0.15, 0.2) is 30.3 Å². The number of carbonyl (C=O) groups is 1. The van der Waals surface area contributed by atoms with Crippen molar-refractivity contribution in [3.05, 3.63) is 35.9 Å². The van der Waals surface area contributed by atoms with Gasteiger partial charge >= 0.3 is 0 Å². The van der Waals surface area contributed by atoms with Crippen molar-refractivity contribution in [3.8, 4) is 0 Å². The molecule has 1 atom stereocenters. The average molecular weight is 329 g/mol. The van der Waals surface area contributed by atoms with Crippen LogP contribution in [0, 0.1) is 0 Å². The number of hydrogen-bond acceptors (Lipinski definition) is 3. The zero-order valence-corrected chi connectivity index (χ0v) is 14.4. The maximum absolute atomic E-state index is 12.4. The van der Waals surface area contributed by atoms with Gasteiger partial charge in [0.25, 0.3) is 0 Å². The van der Waals surface area contributed by atoms with Gasteiger partial charge in [0.15, 0.2) is 0 Å². The fraction of sp³-hybridized carbons (Fsp3) is 0.562. The fourth-order valence-corrected chi connectivity index (χ4v) is 3.44. The summed E-state index contributed by atoms with van der Waals surface area (Å²) in [5, 5.41) is 3.34. The molecule has 1 amide bonds. The molecule has 1 unspecified atom stereocenters. The van der Waals surface area contributed by atoms with Crippen molar-refractivity contribution in [2.45, 2.75) is 36.8 Å². The van der Waals surface area contributed by atoms with Gasteiger partial charge in [-0.15, -0.1) is 24.2 Å². The Morgan fingerprint density at radius 3 is 2.52 bits per heavy atom. The summed E-state index contributed by atoms with van der Waals surface area (Å²) in [5.41, 5.74) is 1.28. The molecule has 0 aromatic heterocycles. The Morgan fingerprint density at radius 1 is 1.33 bits per heavy atom. The van der Waals surface area contributed by atoms with Crippen LogP contribution in [0.5, 0.6) is 0 Å². The van der Waals surface area contributed by atoms with Crippen molar-refractivity contribution in [2.75, 3.05) is 20.1 Å². The Morgan fingerprint density at radius 2 is 1.95 bits per heavy atom. The third kappa shape index (κ3) is 5.53. The molecule has 1 aromatic carbocycles. The van der Waals surface area contributed by atoms with Crippen molar-refractivity contribution in [2.24, 2.45) is 0 Å². The molecule has 1 saturated heterocycles. The summed E-state index contributed by atoms with van der Waals surface area (Å²) in [6.45, 7) is 3.81. The lowest BCUT2D eigenvalue weighted by molar-refractivity contribution is -0.131. The second kappa shape index (κ2) is 9.34. The van der Waals surface area contributed by atoms with Gasteiger partial charge in [-0.1, -0.05) is 30.3 Å². The minimum Gasteiger partial charge on any atom is -0.342 e. The number of carbonyl (C=O) groups excluding carboxylic acids is 1. The molecule has 1 aliphatic heterocycles. The highest BCUT2D eigenvalue weighted by Gasteiger charge is 2.25. The zero-order valence-electron chi connectivity index (χ0n) is 12.7. The number of nitrogens with zero attached hydrogens (tertiary/aromatic N) is 1. The molecule has 1 fully saturated rings.